The van der Waals surface area contributed by atoms with E-state index in [9.17, 15) is 9.90 Å². The van der Waals surface area contributed by atoms with Crippen LogP contribution in [-0.4, -0.2) is 30.5 Å². The fourth-order valence-electron chi connectivity index (χ4n) is 2.73. The predicted octanol–water partition coefficient (Wildman–Crippen LogP) is 1.70. The molecule has 20 heavy (non-hydrogen) atoms. The molecule has 0 atom stereocenters. The summed E-state index contributed by atoms with van der Waals surface area (Å²) in [6.45, 7) is 0.880. The number of amides is 1. The highest BCUT2D eigenvalue weighted by Gasteiger charge is 2.21. The summed E-state index contributed by atoms with van der Waals surface area (Å²) in [5, 5.41) is 12.4. The Kier molecular flexibility index (Phi) is 3.78. The summed E-state index contributed by atoms with van der Waals surface area (Å²) in [4.78, 5) is 12.1. The lowest BCUT2D eigenvalue weighted by Crippen LogP contribution is -2.32. The highest BCUT2D eigenvalue weighted by Crippen LogP contribution is 2.32. The monoisotopic (exact) mass is 277 g/mol. The quantitative estimate of drug-likeness (QED) is 0.882. The second-order valence-corrected chi connectivity index (χ2v) is 5.45. The molecule has 1 heterocycles. The van der Waals surface area contributed by atoms with Gasteiger partial charge in [-0.15, -0.1) is 0 Å². The molecule has 5 heteroatoms. The van der Waals surface area contributed by atoms with E-state index in [0.717, 1.165) is 25.7 Å². The number of aliphatic hydroxyl groups excluding tert-OH is 1. The lowest BCUT2D eigenvalue weighted by atomic mass is 9.87. The molecule has 1 saturated carbocycles. The molecule has 1 aromatic rings. The van der Waals surface area contributed by atoms with Gasteiger partial charge < -0.3 is 19.9 Å². The van der Waals surface area contributed by atoms with Gasteiger partial charge in [-0.25, -0.2) is 0 Å². The molecule has 1 aromatic carbocycles. The topological polar surface area (TPSA) is 67.8 Å². The van der Waals surface area contributed by atoms with E-state index in [0.29, 0.717) is 29.5 Å². The zero-order valence-electron chi connectivity index (χ0n) is 11.3. The maximum atomic E-state index is 12.1. The normalized spacial score (nSPS) is 24.4. The summed E-state index contributed by atoms with van der Waals surface area (Å²) in [5.74, 6) is 1.69. The van der Waals surface area contributed by atoms with E-state index in [4.69, 9.17) is 9.47 Å². The third-order valence-corrected chi connectivity index (χ3v) is 4.00. The van der Waals surface area contributed by atoms with Gasteiger partial charge in [0.05, 0.1) is 6.10 Å². The molecule has 1 aliphatic carbocycles. The Balaban J connectivity index is 1.54. The van der Waals surface area contributed by atoms with Crippen LogP contribution in [0.4, 0.5) is 0 Å². The molecule has 0 spiro atoms. The molecule has 2 aliphatic rings. The van der Waals surface area contributed by atoms with Crippen molar-refractivity contribution in [2.75, 3.05) is 13.3 Å². The van der Waals surface area contributed by atoms with Crippen LogP contribution in [0.25, 0.3) is 0 Å². The molecule has 0 unspecified atom stereocenters. The second-order valence-electron chi connectivity index (χ2n) is 5.45. The lowest BCUT2D eigenvalue weighted by Gasteiger charge is -2.25. The first-order chi connectivity index (χ1) is 9.72. The number of fused-ring (bicyclic) bond motifs is 1. The van der Waals surface area contributed by atoms with Crippen LogP contribution in [0.2, 0.25) is 0 Å². The molecular weight excluding hydrogens is 258 g/mol. The number of rotatable bonds is 3. The van der Waals surface area contributed by atoms with Crippen LogP contribution in [-0.2, 0) is 0 Å². The Hall–Kier alpha value is -1.75. The number of carbonyl (C=O) groups is 1. The fourth-order valence-corrected chi connectivity index (χ4v) is 2.73. The first kappa shape index (κ1) is 13.2. The SMILES string of the molecule is O=C(NCC1CCC(O)CC1)c1ccc2c(c1)OCO2. The van der Waals surface area contributed by atoms with Crippen LogP contribution in [0, 0.1) is 5.92 Å². The van der Waals surface area contributed by atoms with Gasteiger partial charge in [-0.2, -0.15) is 0 Å². The minimum atomic E-state index is -0.157. The van der Waals surface area contributed by atoms with E-state index in [1.165, 1.54) is 0 Å². The molecule has 1 aliphatic heterocycles. The Labute approximate surface area is 117 Å². The van der Waals surface area contributed by atoms with Gasteiger partial charge in [0.25, 0.3) is 5.91 Å². The molecule has 3 rings (SSSR count). The minimum Gasteiger partial charge on any atom is -0.454 e. The maximum Gasteiger partial charge on any atom is 0.251 e. The van der Waals surface area contributed by atoms with E-state index < -0.39 is 0 Å². The van der Waals surface area contributed by atoms with Gasteiger partial charge in [-0.1, -0.05) is 0 Å². The molecule has 0 aromatic heterocycles. The molecule has 2 N–H and O–H groups in total. The van der Waals surface area contributed by atoms with Crippen LogP contribution in [0.15, 0.2) is 18.2 Å². The van der Waals surface area contributed by atoms with Crippen molar-refractivity contribution in [3.05, 3.63) is 23.8 Å². The Morgan fingerprint density at radius 1 is 1.20 bits per heavy atom. The van der Waals surface area contributed by atoms with Crippen molar-refractivity contribution in [2.45, 2.75) is 31.8 Å². The molecule has 1 fully saturated rings. The zero-order chi connectivity index (χ0) is 13.9. The average Bonchev–Trinajstić information content (AvgIpc) is 2.93. The van der Waals surface area contributed by atoms with Crippen molar-refractivity contribution in [2.24, 2.45) is 5.92 Å². The first-order valence-corrected chi connectivity index (χ1v) is 7.08. The van der Waals surface area contributed by atoms with Crippen molar-refractivity contribution in [1.29, 1.82) is 0 Å². The Bertz CT molecular complexity index is 495. The fraction of sp³-hybridized carbons (Fsp3) is 0.533. The minimum absolute atomic E-state index is 0.0885. The van der Waals surface area contributed by atoms with Gasteiger partial charge >= 0.3 is 0 Å². The average molecular weight is 277 g/mol. The van der Waals surface area contributed by atoms with E-state index in [-0.39, 0.29) is 18.8 Å². The molecule has 0 bridgehead atoms. The van der Waals surface area contributed by atoms with Crippen molar-refractivity contribution in [3.63, 3.8) is 0 Å². The number of hydrogen-bond donors (Lipinski definition) is 2. The summed E-state index contributed by atoms with van der Waals surface area (Å²) in [6, 6.07) is 5.21. The van der Waals surface area contributed by atoms with Gasteiger partial charge in [0, 0.05) is 12.1 Å². The lowest BCUT2D eigenvalue weighted by molar-refractivity contribution is 0.0910. The number of carbonyl (C=O) groups excluding carboxylic acids is 1. The standard InChI is InChI=1S/C15H19NO4/c17-12-4-1-10(2-5-12)8-16-15(18)11-3-6-13-14(7-11)20-9-19-13/h3,6-7,10,12,17H,1-2,4-5,8-9H2,(H,16,18). The molecule has 0 saturated heterocycles. The van der Waals surface area contributed by atoms with Crippen LogP contribution >= 0.6 is 0 Å². The summed E-state index contributed by atoms with van der Waals surface area (Å²) in [7, 11) is 0. The summed E-state index contributed by atoms with van der Waals surface area (Å²) >= 11 is 0. The van der Waals surface area contributed by atoms with Crippen LogP contribution in [0.5, 0.6) is 11.5 Å². The van der Waals surface area contributed by atoms with Gasteiger partial charge in [0.1, 0.15) is 0 Å². The van der Waals surface area contributed by atoms with E-state index in [1.54, 1.807) is 18.2 Å². The molecule has 5 nitrogen and oxygen atoms in total. The molecule has 108 valence electrons. The zero-order valence-corrected chi connectivity index (χ0v) is 11.3. The smallest absolute Gasteiger partial charge is 0.251 e. The second kappa shape index (κ2) is 5.71. The largest absolute Gasteiger partial charge is 0.454 e. The Morgan fingerprint density at radius 2 is 1.95 bits per heavy atom. The summed E-state index contributed by atoms with van der Waals surface area (Å²) in [6.07, 6.45) is 3.47. The van der Waals surface area contributed by atoms with Crippen molar-refractivity contribution < 1.29 is 19.4 Å². The number of aliphatic hydroxyl groups is 1. The highest BCUT2D eigenvalue weighted by atomic mass is 16.7. The predicted molar refractivity (Wildman–Crippen MR) is 72.9 cm³/mol. The number of benzene rings is 1. The molecule has 0 radical (unpaired) electrons. The third-order valence-electron chi connectivity index (χ3n) is 4.00. The number of ether oxygens (including phenoxy) is 2. The van der Waals surface area contributed by atoms with Crippen LogP contribution in [0.1, 0.15) is 36.0 Å². The van der Waals surface area contributed by atoms with E-state index in [1.807, 2.05) is 0 Å². The van der Waals surface area contributed by atoms with Gasteiger partial charge in [0.2, 0.25) is 6.79 Å². The van der Waals surface area contributed by atoms with Crippen molar-refractivity contribution >= 4 is 5.91 Å². The molecular formula is C15H19NO4. The Morgan fingerprint density at radius 3 is 2.75 bits per heavy atom. The van der Waals surface area contributed by atoms with E-state index >= 15 is 0 Å². The summed E-state index contributed by atoms with van der Waals surface area (Å²) in [5.41, 5.74) is 0.588. The van der Waals surface area contributed by atoms with Gasteiger partial charge in [-0.3, -0.25) is 4.79 Å². The van der Waals surface area contributed by atoms with Crippen LogP contribution < -0.4 is 14.8 Å². The maximum absolute atomic E-state index is 12.1. The first-order valence-electron chi connectivity index (χ1n) is 7.08. The van der Waals surface area contributed by atoms with Crippen molar-refractivity contribution in [3.8, 4) is 11.5 Å². The van der Waals surface area contributed by atoms with Gasteiger partial charge in [0.15, 0.2) is 11.5 Å². The van der Waals surface area contributed by atoms with Gasteiger partial charge in [-0.05, 0) is 49.8 Å². The van der Waals surface area contributed by atoms with Crippen LogP contribution in [0.3, 0.4) is 0 Å². The van der Waals surface area contributed by atoms with Crippen molar-refractivity contribution in [1.82, 2.24) is 5.32 Å². The highest BCUT2D eigenvalue weighted by molar-refractivity contribution is 5.94. The number of nitrogens with one attached hydrogen (secondary N) is 1. The number of hydrogen-bond acceptors (Lipinski definition) is 4. The molecule has 1 amide bonds. The summed E-state index contributed by atoms with van der Waals surface area (Å²) < 4.78 is 10.5. The third kappa shape index (κ3) is 2.88. The van der Waals surface area contributed by atoms with E-state index in [2.05, 4.69) is 5.32 Å².